The number of Topliss-reactive ketones (excluding diaryl/α,β-unsaturated/α-hetero) is 1. The third kappa shape index (κ3) is 4.47. The molecule has 0 saturated carbocycles. The van der Waals surface area contributed by atoms with Crippen LogP contribution in [0.25, 0.3) is 0 Å². The molecule has 28 heavy (non-hydrogen) atoms. The van der Waals surface area contributed by atoms with Crippen molar-refractivity contribution in [2.75, 3.05) is 6.54 Å². The number of carbonyl (C=O) groups is 3. The average molecular weight is 447 g/mol. The number of aryl methyl sites for hydroxylation is 1. The number of nitrogens with one attached hydrogen (secondary N) is 1. The number of nitrogens with zero attached hydrogens (tertiary/aromatic N) is 1. The normalized spacial score (nSPS) is 19.0. The van der Waals surface area contributed by atoms with Crippen LogP contribution in [-0.2, 0) is 22.4 Å². The molecular formula is C21H20BrFN2O3. The molecule has 0 spiro atoms. The average Bonchev–Trinajstić information content (AvgIpc) is 2.86. The molecule has 146 valence electrons. The van der Waals surface area contributed by atoms with Crippen LogP contribution >= 0.6 is 15.9 Å². The zero-order valence-electron chi connectivity index (χ0n) is 15.4. The molecule has 1 aliphatic heterocycles. The Bertz CT molecular complexity index is 916. The second-order valence-electron chi connectivity index (χ2n) is 7.09. The van der Waals surface area contributed by atoms with Crippen molar-refractivity contribution >= 4 is 33.7 Å². The fraction of sp³-hybridized carbons (Fsp3) is 0.286. The van der Waals surface area contributed by atoms with Crippen LogP contribution in [0.3, 0.4) is 0 Å². The zero-order valence-corrected chi connectivity index (χ0v) is 17.0. The number of halogens is 2. The third-order valence-corrected chi connectivity index (χ3v) is 5.38. The molecule has 1 N–H and O–H groups in total. The molecule has 0 aliphatic carbocycles. The highest BCUT2D eigenvalue weighted by Gasteiger charge is 2.47. The van der Waals surface area contributed by atoms with Crippen LogP contribution in [0.4, 0.5) is 9.18 Å². The van der Waals surface area contributed by atoms with Crippen molar-refractivity contribution in [3.63, 3.8) is 0 Å². The van der Waals surface area contributed by atoms with Gasteiger partial charge in [-0.05, 0) is 49.1 Å². The van der Waals surface area contributed by atoms with Crippen LogP contribution < -0.4 is 5.32 Å². The van der Waals surface area contributed by atoms with Gasteiger partial charge in [0.05, 0.1) is 6.54 Å². The fourth-order valence-corrected chi connectivity index (χ4v) is 3.47. The Morgan fingerprint density at radius 1 is 1.14 bits per heavy atom. The van der Waals surface area contributed by atoms with Crippen LogP contribution in [-0.4, -0.2) is 34.7 Å². The van der Waals surface area contributed by atoms with Gasteiger partial charge in [0.1, 0.15) is 11.4 Å². The topological polar surface area (TPSA) is 66.5 Å². The SMILES string of the molecule is CC1(CCc2ccccc2F)NC(=O)N(CC(=O)Cc2ccc(Br)cc2)C1=O. The second kappa shape index (κ2) is 8.22. The maximum absolute atomic E-state index is 13.8. The summed E-state index contributed by atoms with van der Waals surface area (Å²) >= 11 is 3.33. The Morgan fingerprint density at radius 3 is 2.50 bits per heavy atom. The standard InChI is InChI=1S/C21H20BrFN2O3/c1-21(11-10-15-4-2-3-5-18(15)23)19(27)25(20(28)24-21)13-17(26)12-14-6-8-16(22)9-7-14/h2-9H,10-13H2,1H3,(H,24,28). The largest absolute Gasteiger partial charge is 0.325 e. The van der Waals surface area contributed by atoms with Crippen molar-refractivity contribution in [1.29, 1.82) is 0 Å². The van der Waals surface area contributed by atoms with E-state index >= 15 is 0 Å². The highest BCUT2D eigenvalue weighted by Crippen LogP contribution is 2.24. The lowest BCUT2D eigenvalue weighted by atomic mass is 9.93. The minimum absolute atomic E-state index is 0.135. The molecule has 1 aliphatic rings. The van der Waals surface area contributed by atoms with E-state index in [1.165, 1.54) is 6.07 Å². The molecule has 0 aromatic heterocycles. The Labute approximate surface area is 171 Å². The molecule has 5 nitrogen and oxygen atoms in total. The van der Waals surface area contributed by atoms with Gasteiger partial charge in [-0.2, -0.15) is 0 Å². The molecule has 1 atom stereocenters. The van der Waals surface area contributed by atoms with Gasteiger partial charge in [0, 0.05) is 10.9 Å². The first-order valence-corrected chi connectivity index (χ1v) is 9.71. The highest BCUT2D eigenvalue weighted by atomic mass is 79.9. The van der Waals surface area contributed by atoms with Gasteiger partial charge < -0.3 is 5.32 Å². The molecule has 2 aromatic carbocycles. The van der Waals surface area contributed by atoms with E-state index in [2.05, 4.69) is 21.2 Å². The first kappa shape index (κ1) is 20.2. The number of ketones is 1. The predicted molar refractivity (Wildman–Crippen MR) is 106 cm³/mol. The van der Waals surface area contributed by atoms with Crippen LogP contribution in [0, 0.1) is 5.82 Å². The smallest absolute Gasteiger partial charge is 0.323 e. The number of benzene rings is 2. The number of rotatable bonds is 7. The fourth-order valence-electron chi connectivity index (χ4n) is 3.21. The first-order chi connectivity index (χ1) is 13.3. The maximum Gasteiger partial charge on any atom is 0.325 e. The van der Waals surface area contributed by atoms with Crippen LogP contribution in [0.2, 0.25) is 0 Å². The lowest BCUT2D eigenvalue weighted by Gasteiger charge is -2.21. The number of urea groups is 1. The summed E-state index contributed by atoms with van der Waals surface area (Å²) in [6.45, 7) is 1.32. The van der Waals surface area contributed by atoms with Crippen molar-refractivity contribution in [1.82, 2.24) is 10.2 Å². The van der Waals surface area contributed by atoms with Crippen LogP contribution in [0.1, 0.15) is 24.5 Å². The van der Waals surface area contributed by atoms with Crippen LogP contribution in [0.15, 0.2) is 53.0 Å². The highest BCUT2D eigenvalue weighted by molar-refractivity contribution is 9.10. The van der Waals surface area contributed by atoms with E-state index in [0.29, 0.717) is 12.0 Å². The van der Waals surface area contributed by atoms with Crippen molar-refractivity contribution < 1.29 is 18.8 Å². The van der Waals surface area contributed by atoms with Gasteiger partial charge in [-0.15, -0.1) is 0 Å². The Morgan fingerprint density at radius 2 is 1.82 bits per heavy atom. The van der Waals surface area contributed by atoms with Crippen molar-refractivity contribution in [2.24, 2.45) is 0 Å². The van der Waals surface area contributed by atoms with Gasteiger partial charge in [0.25, 0.3) is 5.91 Å². The molecule has 1 saturated heterocycles. The molecular weight excluding hydrogens is 427 g/mol. The number of amides is 3. The van der Waals surface area contributed by atoms with E-state index in [0.717, 1.165) is 14.9 Å². The predicted octanol–water partition coefficient (Wildman–Crippen LogP) is 3.64. The summed E-state index contributed by atoms with van der Waals surface area (Å²) in [5.74, 6) is -1.04. The summed E-state index contributed by atoms with van der Waals surface area (Å²) in [6.07, 6.45) is 0.683. The summed E-state index contributed by atoms with van der Waals surface area (Å²) < 4.78 is 14.7. The van der Waals surface area contributed by atoms with Gasteiger partial charge in [-0.3, -0.25) is 14.5 Å². The quantitative estimate of drug-likeness (QED) is 0.660. The van der Waals surface area contributed by atoms with Gasteiger partial charge in [0.15, 0.2) is 5.78 Å². The number of imide groups is 1. The lowest BCUT2D eigenvalue weighted by molar-refractivity contribution is -0.134. The van der Waals surface area contributed by atoms with Crippen LogP contribution in [0.5, 0.6) is 0 Å². The molecule has 2 aromatic rings. The second-order valence-corrected chi connectivity index (χ2v) is 8.00. The molecule has 3 amide bonds. The number of hydrogen-bond donors (Lipinski definition) is 1. The maximum atomic E-state index is 13.8. The first-order valence-electron chi connectivity index (χ1n) is 8.92. The zero-order chi connectivity index (χ0) is 20.3. The number of hydrogen-bond acceptors (Lipinski definition) is 3. The van der Waals surface area contributed by atoms with Gasteiger partial charge in [-0.1, -0.05) is 46.3 Å². The van der Waals surface area contributed by atoms with E-state index in [4.69, 9.17) is 0 Å². The summed E-state index contributed by atoms with van der Waals surface area (Å²) in [4.78, 5) is 38.3. The summed E-state index contributed by atoms with van der Waals surface area (Å²) in [5, 5.41) is 2.65. The van der Waals surface area contributed by atoms with Gasteiger partial charge in [0.2, 0.25) is 0 Å². The third-order valence-electron chi connectivity index (χ3n) is 4.85. The van der Waals surface area contributed by atoms with Crippen molar-refractivity contribution in [3.8, 4) is 0 Å². The molecule has 1 fully saturated rings. The molecule has 1 heterocycles. The van der Waals surface area contributed by atoms with E-state index in [-0.39, 0.29) is 31.0 Å². The Hall–Kier alpha value is -2.54. The molecule has 0 bridgehead atoms. The monoisotopic (exact) mass is 446 g/mol. The van der Waals surface area contributed by atoms with E-state index in [1.54, 1.807) is 25.1 Å². The lowest BCUT2D eigenvalue weighted by Crippen LogP contribution is -2.44. The minimum atomic E-state index is -1.16. The van der Waals surface area contributed by atoms with E-state index in [9.17, 15) is 18.8 Å². The summed E-state index contributed by atoms with van der Waals surface area (Å²) in [7, 11) is 0. The van der Waals surface area contributed by atoms with Gasteiger partial charge >= 0.3 is 6.03 Å². The van der Waals surface area contributed by atoms with Gasteiger partial charge in [-0.25, -0.2) is 9.18 Å². The van der Waals surface area contributed by atoms with E-state index < -0.39 is 17.5 Å². The molecule has 1 unspecified atom stereocenters. The van der Waals surface area contributed by atoms with Crippen molar-refractivity contribution in [3.05, 3.63) is 69.9 Å². The van der Waals surface area contributed by atoms with Crippen molar-refractivity contribution in [2.45, 2.75) is 31.7 Å². The Kier molecular flexibility index (Phi) is 5.93. The minimum Gasteiger partial charge on any atom is -0.323 e. The molecule has 7 heteroatoms. The van der Waals surface area contributed by atoms with E-state index in [1.807, 2.05) is 24.3 Å². The Balaban J connectivity index is 1.62. The molecule has 3 rings (SSSR count). The molecule has 0 radical (unpaired) electrons. The number of carbonyl (C=O) groups excluding carboxylic acids is 3. The summed E-state index contributed by atoms with van der Waals surface area (Å²) in [6, 6.07) is 13.0. The summed E-state index contributed by atoms with van der Waals surface area (Å²) in [5.41, 5.74) is 0.134.